The number of amides is 1. The van der Waals surface area contributed by atoms with Crippen LogP contribution in [0.25, 0.3) is 17.0 Å². The average Bonchev–Trinajstić information content (AvgIpc) is 3.19. The van der Waals surface area contributed by atoms with Crippen LogP contribution in [0, 0.1) is 11.3 Å². The summed E-state index contributed by atoms with van der Waals surface area (Å²) in [4.78, 5) is 30.2. The number of hydrogen-bond donors (Lipinski definition) is 2. The van der Waals surface area contributed by atoms with Crippen LogP contribution in [0.1, 0.15) is 11.1 Å². The first-order valence-corrected chi connectivity index (χ1v) is 9.75. The molecule has 158 valence electrons. The summed E-state index contributed by atoms with van der Waals surface area (Å²) in [5, 5.41) is 13.1. The van der Waals surface area contributed by atoms with E-state index in [1.165, 1.54) is 13.2 Å². The van der Waals surface area contributed by atoms with E-state index in [0.717, 1.165) is 22.2 Å². The van der Waals surface area contributed by atoms with Gasteiger partial charge in [-0.25, -0.2) is 4.79 Å². The number of benzene rings is 2. The third kappa shape index (κ3) is 5.11. The minimum absolute atomic E-state index is 0.0922. The molecular formula is C24H24N4O3. The Morgan fingerprint density at radius 1 is 1.19 bits per heavy atom. The zero-order valence-electron chi connectivity index (χ0n) is 17.7. The van der Waals surface area contributed by atoms with E-state index in [4.69, 9.17) is 4.74 Å². The molecule has 0 saturated heterocycles. The molecular weight excluding hydrogens is 392 g/mol. The highest BCUT2D eigenvalue weighted by molar-refractivity contribution is 6.03. The zero-order valence-corrected chi connectivity index (χ0v) is 17.7. The van der Waals surface area contributed by atoms with Gasteiger partial charge in [0.2, 0.25) is 0 Å². The Hall–Kier alpha value is -4.05. The summed E-state index contributed by atoms with van der Waals surface area (Å²) in [6.45, 7) is 0. The molecule has 3 rings (SSSR count). The van der Waals surface area contributed by atoms with Gasteiger partial charge in [0.1, 0.15) is 17.7 Å². The van der Waals surface area contributed by atoms with Gasteiger partial charge in [0.15, 0.2) is 0 Å². The third-order valence-electron chi connectivity index (χ3n) is 4.98. The van der Waals surface area contributed by atoms with Crippen LogP contribution >= 0.6 is 0 Å². The first kappa shape index (κ1) is 21.7. The van der Waals surface area contributed by atoms with Crippen molar-refractivity contribution in [3.63, 3.8) is 0 Å². The lowest BCUT2D eigenvalue weighted by atomic mass is 10.0. The number of anilines is 1. The van der Waals surface area contributed by atoms with Crippen LogP contribution in [0.2, 0.25) is 0 Å². The van der Waals surface area contributed by atoms with Gasteiger partial charge < -0.3 is 19.9 Å². The molecule has 31 heavy (non-hydrogen) atoms. The Kier molecular flexibility index (Phi) is 6.73. The molecule has 1 atom stereocenters. The van der Waals surface area contributed by atoms with Crippen molar-refractivity contribution >= 4 is 34.5 Å². The molecule has 2 aromatic carbocycles. The molecule has 2 N–H and O–H groups in total. The van der Waals surface area contributed by atoms with Gasteiger partial charge in [0.05, 0.1) is 7.11 Å². The molecule has 0 spiro atoms. The first-order valence-electron chi connectivity index (χ1n) is 9.75. The highest BCUT2D eigenvalue weighted by atomic mass is 16.5. The largest absolute Gasteiger partial charge is 0.467 e. The lowest BCUT2D eigenvalue weighted by Crippen LogP contribution is -2.43. The van der Waals surface area contributed by atoms with Gasteiger partial charge in [-0.3, -0.25) is 4.79 Å². The Morgan fingerprint density at radius 3 is 2.55 bits per heavy atom. The zero-order chi connectivity index (χ0) is 22.4. The summed E-state index contributed by atoms with van der Waals surface area (Å²) in [6.07, 6.45) is 3.54. The Bertz CT molecular complexity index is 1150. The Labute approximate surface area is 180 Å². The fourth-order valence-corrected chi connectivity index (χ4v) is 3.28. The van der Waals surface area contributed by atoms with Crippen molar-refractivity contribution in [1.82, 2.24) is 10.3 Å². The van der Waals surface area contributed by atoms with Crippen molar-refractivity contribution in [2.45, 2.75) is 12.5 Å². The van der Waals surface area contributed by atoms with Gasteiger partial charge in [0, 0.05) is 43.3 Å². The number of methoxy groups -OCH3 is 1. The van der Waals surface area contributed by atoms with E-state index in [2.05, 4.69) is 10.3 Å². The van der Waals surface area contributed by atoms with E-state index in [0.29, 0.717) is 5.56 Å². The van der Waals surface area contributed by atoms with Crippen LogP contribution < -0.4 is 10.2 Å². The summed E-state index contributed by atoms with van der Waals surface area (Å²) in [5.41, 5.74) is 3.43. The molecule has 0 bridgehead atoms. The average molecular weight is 416 g/mol. The molecule has 0 unspecified atom stereocenters. The molecule has 0 fully saturated rings. The van der Waals surface area contributed by atoms with E-state index in [1.54, 1.807) is 6.20 Å². The van der Waals surface area contributed by atoms with Crippen molar-refractivity contribution in [3.8, 4) is 6.07 Å². The van der Waals surface area contributed by atoms with E-state index < -0.39 is 17.9 Å². The molecule has 0 radical (unpaired) electrons. The maximum absolute atomic E-state index is 12.8. The van der Waals surface area contributed by atoms with Gasteiger partial charge in [-0.05, 0) is 35.4 Å². The fraction of sp³-hybridized carbons (Fsp3) is 0.208. The molecule has 7 nitrogen and oxygen atoms in total. The molecule has 3 aromatic rings. The summed E-state index contributed by atoms with van der Waals surface area (Å²) in [5.74, 6) is -1.21. The molecule has 0 aliphatic heterocycles. The first-order chi connectivity index (χ1) is 14.9. The van der Waals surface area contributed by atoms with Gasteiger partial charge in [-0.2, -0.15) is 5.26 Å². The van der Waals surface area contributed by atoms with E-state index >= 15 is 0 Å². The standard InChI is InChI=1S/C24H24N4O3/c1-28(2)19-10-8-16(9-11-19)12-17(14-25)23(29)27-22(24(30)31-3)13-18-15-26-21-7-5-4-6-20(18)21/h4-12,15,22,26H,13H2,1-3H3,(H,27,29)/b17-12-/t22-/m0/s1. The number of carbonyl (C=O) groups is 2. The number of rotatable bonds is 7. The van der Waals surface area contributed by atoms with E-state index in [9.17, 15) is 14.9 Å². The third-order valence-corrected chi connectivity index (χ3v) is 4.98. The van der Waals surface area contributed by atoms with E-state index in [-0.39, 0.29) is 12.0 Å². The molecule has 0 aliphatic carbocycles. The van der Waals surface area contributed by atoms with Crippen molar-refractivity contribution in [3.05, 3.63) is 71.4 Å². The SMILES string of the molecule is COC(=O)[C@H](Cc1c[nH]c2ccccc12)NC(=O)/C(C#N)=C\c1ccc(N(C)C)cc1. The monoisotopic (exact) mass is 416 g/mol. The molecule has 7 heteroatoms. The predicted octanol–water partition coefficient (Wildman–Crippen LogP) is 3.04. The van der Waals surface area contributed by atoms with Crippen LogP contribution in [0.15, 0.2) is 60.3 Å². The van der Waals surface area contributed by atoms with Crippen LogP contribution in [0.5, 0.6) is 0 Å². The van der Waals surface area contributed by atoms with Crippen molar-refractivity contribution in [1.29, 1.82) is 5.26 Å². The number of carbonyl (C=O) groups excluding carboxylic acids is 2. The quantitative estimate of drug-likeness (QED) is 0.350. The number of ether oxygens (including phenoxy) is 1. The minimum atomic E-state index is -0.926. The summed E-state index contributed by atoms with van der Waals surface area (Å²) in [7, 11) is 5.13. The number of nitriles is 1. The smallest absolute Gasteiger partial charge is 0.328 e. The fourth-order valence-electron chi connectivity index (χ4n) is 3.28. The number of nitrogens with zero attached hydrogens (tertiary/aromatic N) is 2. The lowest BCUT2D eigenvalue weighted by Gasteiger charge is -2.16. The number of aromatic amines is 1. The number of hydrogen-bond acceptors (Lipinski definition) is 5. The molecule has 1 amide bonds. The Morgan fingerprint density at radius 2 is 1.90 bits per heavy atom. The second-order valence-electron chi connectivity index (χ2n) is 7.27. The van der Waals surface area contributed by atoms with Crippen molar-refractivity contribution in [2.75, 3.05) is 26.1 Å². The van der Waals surface area contributed by atoms with Gasteiger partial charge in [0.25, 0.3) is 5.91 Å². The summed E-state index contributed by atoms with van der Waals surface area (Å²) in [6, 6.07) is 16.1. The summed E-state index contributed by atoms with van der Waals surface area (Å²) >= 11 is 0. The number of para-hydroxylation sites is 1. The highest BCUT2D eigenvalue weighted by Gasteiger charge is 2.24. The van der Waals surface area contributed by atoms with Crippen LogP contribution in [0.3, 0.4) is 0 Å². The van der Waals surface area contributed by atoms with Gasteiger partial charge in [-0.15, -0.1) is 0 Å². The maximum atomic E-state index is 12.8. The number of aromatic nitrogens is 1. The van der Waals surface area contributed by atoms with Crippen LogP contribution in [0.4, 0.5) is 5.69 Å². The van der Waals surface area contributed by atoms with Gasteiger partial charge >= 0.3 is 5.97 Å². The number of nitrogens with one attached hydrogen (secondary N) is 2. The lowest BCUT2D eigenvalue weighted by molar-refractivity contribution is -0.144. The van der Waals surface area contributed by atoms with Crippen molar-refractivity contribution < 1.29 is 14.3 Å². The predicted molar refractivity (Wildman–Crippen MR) is 120 cm³/mol. The molecule has 1 heterocycles. The molecule has 0 saturated carbocycles. The highest BCUT2D eigenvalue weighted by Crippen LogP contribution is 2.20. The second-order valence-corrected chi connectivity index (χ2v) is 7.27. The van der Waals surface area contributed by atoms with Gasteiger partial charge in [-0.1, -0.05) is 30.3 Å². The number of esters is 1. The van der Waals surface area contributed by atoms with Crippen LogP contribution in [-0.2, 0) is 20.7 Å². The molecule has 1 aromatic heterocycles. The summed E-state index contributed by atoms with van der Waals surface area (Å²) < 4.78 is 4.87. The van der Waals surface area contributed by atoms with E-state index in [1.807, 2.05) is 73.6 Å². The van der Waals surface area contributed by atoms with Crippen molar-refractivity contribution in [2.24, 2.45) is 0 Å². The molecule has 0 aliphatic rings. The minimum Gasteiger partial charge on any atom is -0.467 e. The topological polar surface area (TPSA) is 98.2 Å². The second kappa shape index (κ2) is 9.63. The van der Waals surface area contributed by atoms with Crippen LogP contribution in [-0.4, -0.2) is 44.1 Å². The maximum Gasteiger partial charge on any atom is 0.328 e. The number of H-pyrrole nitrogens is 1. The number of fused-ring (bicyclic) bond motifs is 1. The normalized spacial score (nSPS) is 12.1. The Balaban J connectivity index is 1.80.